The molecule has 0 aliphatic carbocycles. The van der Waals surface area contributed by atoms with Crippen molar-refractivity contribution in [3.05, 3.63) is 83.9 Å². The highest BCUT2D eigenvalue weighted by Gasteiger charge is 2.11. The number of benzene rings is 3. The number of carbonyl (C=O) groups is 2. The number of anilines is 1. The van der Waals surface area contributed by atoms with Crippen molar-refractivity contribution in [2.75, 3.05) is 12.4 Å². The average molecular weight is 371 g/mol. The molecule has 0 fully saturated rings. The summed E-state index contributed by atoms with van der Waals surface area (Å²) in [6.45, 7) is 0. The number of carbonyl (C=O) groups excluding carboxylic acids is 2. The number of H-pyrrole nitrogens is 1. The van der Waals surface area contributed by atoms with E-state index < -0.39 is 5.97 Å². The van der Waals surface area contributed by atoms with Crippen molar-refractivity contribution in [1.29, 1.82) is 0 Å². The number of fused-ring (bicyclic) bond motifs is 1. The van der Waals surface area contributed by atoms with E-state index in [2.05, 4.69) is 20.0 Å². The minimum absolute atomic E-state index is 0.269. The Morgan fingerprint density at radius 3 is 2.36 bits per heavy atom. The van der Waals surface area contributed by atoms with Gasteiger partial charge in [-0.05, 0) is 42.5 Å². The molecule has 0 saturated carbocycles. The van der Waals surface area contributed by atoms with E-state index >= 15 is 0 Å². The number of esters is 1. The Hall–Kier alpha value is -3.93. The molecule has 6 nitrogen and oxygen atoms in total. The number of hydrogen-bond acceptors (Lipinski definition) is 4. The zero-order valence-corrected chi connectivity index (χ0v) is 15.1. The van der Waals surface area contributed by atoms with E-state index in [1.807, 2.05) is 48.5 Å². The molecule has 2 N–H and O–H groups in total. The standard InChI is InChI=1S/C22H17N3O3/c1-28-22(27)16-9-7-15(8-10-16)21(26)23-17-11-12-18-19(13-17)25-20(24-18)14-5-3-2-4-6-14/h2-13H,1H3,(H,23,26)(H,24,25). The van der Waals surface area contributed by atoms with Crippen LogP contribution < -0.4 is 5.32 Å². The van der Waals surface area contributed by atoms with E-state index in [1.165, 1.54) is 7.11 Å². The molecule has 0 radical (unpaired) electrons. The van der Waals surface area contributed by atoms with Crippen molar-refractivity contribution in [3.8, 4) is 11.4 Å². The van der Waals surface area contributed by atoms with Crippen molar-refractivity contribution in [2.45, 2.75) is 0 Å². The van der Waals surface area contributed by atoms with Gasteiger partial charge in [-0.3, -0.25) is 4.79 Å². The van der Waals surface area contributed by atoms with Crippen LogP contribution in [0.5, 0.6) is 0 Å². The number of aromatic nitrogens is 2. The third-order valence-corrected chi connectivity index (χ3v) is 4.36. The minimum atomic E-state index is -0.440. The van der Waals surface area contributed by atoms with Gasteiger partial charge < -0.3 is 15.0 Å². The molecule has 0 atom stereocenters. The van der Waals surface area contributed by atoms with Gasteiger partial charge in [0.1, 0.15) is 5.82 Å². The zero-order valence-electron chi connectivity index (χ0n) is 15.1. The van der Waals surface area contributed by atoms with Gasteiger partial charge in [0, 0.05) is 16.8 Å². The minimum Gasteiger partial charge on any atom is -0.465 e. The first-order valence-corrected chi connectivity index (χ1v) is 8.69. The van der Waals surface area contributed by atoms with Crippen LogP contribution in [0.3, 0.4) is 0 Å². The monoisotopic (exact) mass is 371 g/mol. The van der Waals surface area contributed by atoms with Gasteiger partial charge in [-0.1, -0.05) is 30.3 Å². The van der Waals surface area contributed by atoms with Crippen molar-refractivity contribution in [1.82, 2.24) is 9.97 Å². The van der Waals surface area contributed by atoms with Gasteiger partial charge in [0.2, 0.25) is 0 Å². The Bertz CT molecular complexity index is 1150. The number of hydrogen-bond donors (Lipinski definition) is 2. The number of nitrogens with zero attached hydrogens (tertiary/aromatic N) is 1. The van der Waals surface area contributed by atoms with Crippen LogP contribution in [-0.2, 0) is 4.74 Å². The lowest BCUT2D eigenvalue weighted by Gasteiger charge is -2.06. The number of nitrogens with one attached hydrogen (secondary N) is 2. The van der Waals surface area contributed by atoms with Gasteiger partial charge in [0.15, 0.2) is 0 Å². The summed E-state index contributed by atoms with van der Waals surface area (Å²) in [5.74, 6) is 0.0669. The van der Waals surface area contributed by atoms with Gasteiger partial charge in [0.25, 0.3) is 5.91 Å². The van der Waals surface area contributed by atoms with Crippen LogP contribution in [0, 0.1) is 0 Å². The summed E-state index contributed by atoms with van der Waals surface area (Å²) in [7, 11) is 1.32. The van der Waals surface area contributed by atoms with Crippen LogP contribution in [0.15, 0.2) is 72.8 Å². The van der Waals surface area contributed by atoms with Crippen molar-refractivity contribution < 1.29 is 14.3 Å². The first-order valence-electron chi connectivity index (χ1n) is 8.69. The first-order chi connectivity index (χ1) is 13.6. The molecule has 1 heterocycles. The smallest absolute Gasteiger partial charge is 0.337 e. The van der Waals surface area contributed by atoms with Gasteiger partial charge in [-0.15, -0.1) is 0 Å². The van der Waals surface area contributed by atoms with Crippen molar-refractivity contribution in [2.24, 2.45) is 0 Å². The highest BCUT2D eigenvalue weighted by Crippen LogP contribution is 2.23. The lowest BCUT2D eigenvalue weighted by Crippen LogP contribution is -2.12. The van der Waals surface area contributed by atoms with Crippen LogP contribution >= 0.6 is 0 Å². The summed E-state index contributed by atoms with van der Waals surface area (Å²) in [5.41, 5.74) is 4.12. The highest BCUT2D eigenvalue weighted by atomic mass is 16.5. The number of imidazole rings is 1. The Morgan fingerprint density at radius 2 is 1.64 bits per heavy atom. The second-order valence-electron chi connectivity index (χ2n) is 6.21. The maximum atomic E-state index is 12.5. The molecule has 0 aliphatic rings. The summed E-state index contributed by atoms with van der Waals surface area (Å²) < 4.78 is 4.66. The molecular weight excluding hydrogens is 354 g/mol. The van der Waals surface area contributed by atoms with E-state index in [0.29, 0.717) is 16.8 Å². The normalized spacial score (nSPS) is 10.6. The fraction of sp³-hybridized carbons (Fsp3) is 0.0455. The Morgan fingerprint density at radius 1 is 0.929 bits per heavy atom. The van der Waals surface area contributed by atoms with Gasteiger partial charge in [0.05, 0.1) is 23.7 Å². The van der Waals surface area contributed by atoms with Crippen LogP contribution in [-0.4, -0.2) is 29.0 Å². The molecule has 1 aromatic heterocycles. The van der Waals surface area contributed by atoms with Gasteiger partial charge in [-0.2, -0.15) is 0 Å². The molecular formula is C22H17N3O3. The molecule has 4 aromatic rings. The molecule has 0 bridgehead atoms. The highest BCUT2D eigenvalue weighted by molar-refractivity contribution is 6.05. The molecule has 0 spiro atoms. The summed E-state index contributed by atoms with van der Waals surface area (Å²) in [6.07, 6.45) is 0. The molecule has 4 rings (SSSR count). The quantitative estimate of drug-likeness (QED) is 0.525. The maximum absolute atomic E-state index is 12.5. The molecule has 0 aliphatic heterocycles. The van der Waals surface area contributed by atoms with Crippen LogP contribution in [0.2, 0.25) is 0 Å². The second kappa shape index (κ2) is 7.36. The van der Waals surface area contributed by atoms with E-state index in [-0.39, 0.29) is 5.91 Å². The summed E-state index contributed by atoms with van der Waals surface area (Å²) in [5, 5.41) is 2.85. The van der Waals surface area contributed by atoms with Crippen LogP contribution in [0.4, 0.5) is 5.69 Å². The molecule has 6 heteroatoms. The number of ether oxygens (including phenoxy) is 1. The fourth-order valence-electron chi connectivity index (χ4n) is 2.90. The van der Waals surface area contributed by atoms with Crippen molar-refractivity contribution in [3.63, 3.8) is 0 Å². The Balaban J connectivity index is 1.54. The van der Waals surface area contributed by atoms with Gasteiger partial charge in [-0.25, -0.2) is 9.78 Å². The molecule has 1 amide bonds. The summed E-state index contributed by atoms with van der Waals surface area (Å²) in [4.78, 5) is 31.8. The second-order valence-corrected chi connectivity index (χ2v) is 6.21. The van der Waals surface area contributed by atoms with E-state index in [4.69, 9.17) is 0 Å². The molecule has 138 valence electrons. The number of aromatic amines is 1. The molecule has 28 heavy (non-hydrogen) atoms. The first kappa shape index (κ1) is 17.5. The molecule has 0 unspecified atom stereocenters. The lowest BCUT2D eigenvalue weighted by molar-refractivity contribution is 0.0600. The molecule has 0 saturated heterocycles. The van der Waals surface area contributed by atoms with E-state index in [1.54, 1.807) is 24.3 Å². The van der Waals surface area contributed by atoms with E-state index in [0.717, 1.165) is 22.4 Å². The third kappa shape index (κ3) is 3.48. The Kier molecular flexibility index (Phi) is 4.60. The lowest BCUT2D eigenvalue weighted by atomic mass is 10.1. The average Bonchev–Trinajstić information content (AvgIpc) is 3.17. The van der Waals surface area contributed by atoms with Crippen molar-refractivity contribution >= 4 is 28.6 Å². The topological polar surface area (TPSA) is 84.1 Å². The van der Waals surface area contributed by atoms with Crippen LogP contribution in [0.25, 0.3) is 22.4 Å². The largest absolute Gasteiger partial charge is 0.465 e. The predicted molar refractivity (Wildman–Crippen MR) is 107 cm³/mol. The third-order valence-electron chi connectivity index (χ3n) is 4.36. The Labute approximate surface area is 161 Å². The number of methoxy groups -OCH3 is 1. The molecule has 3 aromatic carbocycles. The van der Waals surface area contributed by atoms with Gasteiger partial charge >= 0.3 is 5.97 Å². The summed E-state index contributed by atoms with van der Waals surface area (Å²) >= 11 is 0. The number of amides is 1. The predicted octanol–water partition coefficient (Wildman–Crippen LogP) is 4.27. The maximum Gasteiger partial charge on any atom is 0.337 e. The number of rotatable bonds is 4. The zero-order chi connectivity index (χ0) is 19.5. The SMILES string of the molecule is COC(=O)c1ccc(C(=O)Nc2ccc3[nH]c(-c4ccccc4)nc3c2)cc1. The van der Waals surface area contributed by atoms with Crippen LogP contribution in [0.1, 0.15) is 20.7 Å². The fourth-order valence-corrected chi connectivity index (χ4v) is 2.90. The summed E-state index contributed by atoms with van der Waals surface area (Å²) in [6, 6.07) is 21.6. The van der Waals surface area contributed by atoms with E-state index in [9.17, 15) is 9.59 Å².